The van der Waals surface area contributed by atoms with Crippen LogP contribution in [0.5, 0.6) is 0 Å². The van der Waals surface area contributed by atoms with E-state index in [9.17, 15) is 14.0 Å². The molecular weight excluding hydrogens is 367 g/mol. The molecule has 0 saturated carbocycles. The molecule has 2 aromatic carbocycles. The fraction of sp³-hybridized carbons (Fsp3) is 0.417. The minimum atomic E-state index is -0.631. The van der Waals surface area contributed by atoms with Gasteiger partial charge in [-0.3, -0.25) is 9.59 Å². The molecule has 0 spiro atoms. The summed E-state index contributed by atoms with van der Waals surface area (Å²) in [6, 6.07) is 11.4. The monoisotopic (exact) mass is 398 g/mol. The molecule has 2 unspecified atom stereocenters. The molecule has 0 heterocycles. The molecule has 2 rings (SSSR count). The van der Waals surface area contributed by atoms with Crippen LogP contribution in [0.15, 0.2) is 42.5 Å². The van der Waals surface area contributed by atoms with E-state index in [1.807, 2.05) is 45.9 Å². The fourth-order valence-electron chi connectivity index (χ4n) is 3.02. The molecule has 0 aromatic heterocycles. The van der Waals surface area contributed by atoms with Gasteiger partial charge in [-0.1, -0.05) is 37.3 Å². The Hall–Kier alpha value is -2.69. The molecule has 0 aliphatic carbocycles. The van der Waals surface area contributed by atoms with Crippen LogP contribution in [-0.2, 0) is 22.6 Å². The zero-order valence-electron chi connectivity index (χ0n) is 18.0. The van der Waals surface area contributed by atoms with Crippen LogP contribution in [-0.4, -0.2) is 28.8 Å². The number of halogens is 1. The third kappa shape index (κ3) is 6.41. The molecular formula is C24H31FN2O2. The van der Waals surface area contributed by atoms with Crippen LogP contribution in [0, 0.1) is 19.7 Å². The van der Waals surface area contributed by atoms with Crippen molar-refractivity contribution in [3.05, 3.63) is 70.5 Å². The quantitative estimate of drug-likeness (QED) is 0.720. The highest BCUT2D eigenvalue weighted by atomic mass is 19.1. The van der Waals surface area contributed by atoms with Crippen molar-refractivity contribution in [2.75, 3.05) is 0 Å². The van der Waals surface area contributed by atoms with E-state index in [-0.39, 0.29) is 36.6 Å². The Kier molecular flexibility index (Phi) is 7.94. The predicted octanol–water partition coefficient (Wildman–Crippen LogP) is 4.32. The minimum Gasteiger partial charge on any atom is -0.352 e. The molecule has 0 aliphatic rings. The van der Waals surface area contributed by atoms with E-state index in [1.165, 1.54) is 17.7 Å². The Labute approximate surface area is 173 Å². The third-order valence-corrected chi connectivity index (χ3v) is 5.36. The molecule has 0 fully saturated rings. The lowest BCUT2D eigenvalue weighted by molar-refractivity contribution is -0.140. The van der Waals surface area contributed by atoms with Gasteiger partial charge < -0.3 is 10.2 Å². The van der Waals surface area contributed by atoms with Crippen molar-refractivity contribution in [1.29, 1.82) is 0 Å². The highest BCUT2D eigenvalue weighted by Crippen LogP contribution is 2.15. The van der Waals surface area contributed by atoms with Gasteiger partial charge >= 0.3 is 0 Å². The van der Waals surface area contributed by atoms with Crippen LogP contribution in [0.2, 0.25) is 0 Å². The summed E-state index contributed by atoms with van der Waals surface area (Å²) in [5, 5.41) is 2.95. The highest BCUT2D eigenvalue weighted by molar-refractivity contribution is 5.88. The zero-order chi connectivity index (χ0) is 21.6. The molecule has 0 bridgehead atoms. The van der Waals surface area contributed by atoms with Gasteiger partial charge in [0.05, 0.1) is 6.42 Å². The Morgan fingerprint density at radius 2 is 1.62 bits per heavy atom. The van der Waals surface area contributed by atoms with Crippen LogP contribution in [0.25, 0.3) is 0 Å². The van der Waals surface area contributed by atoms with Crippen molar-refractivity contribution in [2.24, 2.45) is 0 Å². The molecule has 2 atom stereocenters. The molecule has 29 heavy (non-hydrogen) atoms. The van der Waals surface area contributed by atoms with Crippen molar-refractivity contribution >= 4 is 11.8 Å². The maximum Gasteiger partial charge on any atom is 0.242 e. The first kappa shape index (κ1) is 22.6. The first-order valence-electron chi connectivity index (χ1n) is 10.1. The topological polar surface area (TPSA) is 49.4 Å². The number of nitrogens with one attached hydrogen (secondary N) is 1. The van der Waals surface area contributed by atoms with E-state index < -0.39 is 6.04 Å². The number of amides is 2. The molecule has 156 valence electrons. The van der Waals surface area contributed by atoms with Gasteiger partial charge in [0, 0.05) is 12.6 Å². The van der Waals surface area contributed by atoms with E-state index in [1.54, 1.807) is 24.0 Å². The van der Waals surface area contributed by atoms with Gasteiger partial charge in [-0.15, -0.1) is 0 Å². The van der Waals surface area contributed by atoms with Crippen molar-refractivity contribution in [1.82, 2.24) is 10.2 Å². The van der Waals surface area contributed by atoms with Crippen molar-refractivity contribution in [3.8, 4) is 0 Å². The second kappa shape index (κ2) is 10.2. The molecule has 0 radical (unpaired) electrons. The van der Waals surface area contributed by atoms with Gasteiger partial charge in [0.1, 0.15) is 11.9 Å². The smallest absolute Gasteiger partial charge is 0.242 e. The summed E-state index contributed by atoms with van der Waals surface area (Å²) in [4.78, 5) is 27.4. The maximum atomic E-state index is 13.3. The average Bonchev–Trinajstić information content (AvgIpc) is 2.69. The van der Waals surface area contributed by atoms with Crippen LogP contribution in [0.3, 0.4) is 0 Å². The van der Waals surface area contributed by atoms with Gasteiger partial charge in [0.25, 0.3) is 0 Å². The van der Waals surface area contributed by atoms with E-state index in [0.29, 0.717) is 0 Å². The molecule has 2 amide bonds. The molecule has 1 N–H and O–H groups in total. The summed E-state index contributed by atoms with van der Waals surface area (Å²) < 4.78 is 13.3. The lowest BCUT2D eigenvalue weighted by Crippen LogP contribution is -2.49. The van der Waals surface area contributed by atoms with Gasteiger partial charge in [-0.2, -0.15) is 0 Å². The van der Waals surface area contributed by atoms with Crippen molar-refractivity contribution in [2.45, 2.75) is 66.1 Å². The Balaban J connectivity index is 2.23. The largest absolute Gasteiger partial charge is 0.352 e. The van der Waals surface area contributed by atoms with Crippen LogP contribution < -0.4 is 5.32 Å². The van der Waals surface area contributed by atoms with E-state index in [2.05, 4.69) is 5.32 Å². The zero-order valence-corrected chi connectivity index (χ0v) is 18.0. The average molecular weight is 399 g/mol. The number of benzene rings is 2. The lowest BCUT2D eigenvalue weighted by Gasteiger charge is -2.30. The van der Waals surface area contributed by atoms with Gasteiger partial charge in [0.2, 0.25) is 11.8 Å². The number of hydrogen-bond donors (Lipinski definition) is 1. The van der Waals surface area contributed by atoms with Gasteiger partial charge in [-0.25, -0.2) is 4.39 Å². The molecule has 4 nitrogen and oxygen atoms in total. The Morgan fingerprint density at radius 1 is 1.00 bits per heavy atom. The van der Waals surface area contributed by atoms with E-state index in [4.69, 9.17) is 0 Å². The Bertz CT molecular complexity index is 848. The van der Waals surface area contributed by atoms with Crippen LogP contribution in [0.1, 0.15) is 49.4 Å². The molecule has 0 aliphatic heterocycles. The predicted molar refractivity (Wildman–Crippen MR) is 114 cm³/mol. The maximum absolute atomic E-state index is 13.3. The second-order valence-corrected chi connectivity index (χ2v) is 7.74. The van der Waals surface area contributed by atoms with E-state index >= 15 is 0 Å². The number of rotatable bonds is 8. The van der Waals surface area contributed by atoms with Crippen LogP contribution >= 0.6 is 0 Å². The number of carbonyl (C=O) groups excluding carboxylic acids is 2. The number of aryl methyl sites for hydroxylation is 2. The van der Waals surface area contributed by atoms with Gasteiger partial charge in [-0.05, 0) is 68.5 Å². The summed E-state index contributed by atoms with van der Waals surface area (Å²) in [5.74, 6) is -0.649. The molecule has 5 heteroatoms. The first-order valence-corrected chi connectivity index (χ1v) is 10.1. The number of hydrogen-bond acceptors (Lipinski definition) is 2. The van der Waals surface area contributed by atoms with Crippen molar-refractivity contribution < 1.29 is 14.0 Å². The minimum absolute atomic E-state index is 0.0347. The summed E-state index contributed by atoms with van der Waals surface area (Å²) in [6.45, 7) is 9.96. The lowest BCUT2D eigenvalue weighted by atomic mass is 10.0. The summed E-state index contributed by atoms with van der Waals surface area (Å²) in [6.07, 6.45) is 1.02. The normalized spacial score (nSPS) is 12.9. The van der Waals surface area contributed by atoms with Crippen LogP contribution in [0.4, 0.5) is 4.39 Å². The van der Waals surface area contributed by atoms with E-state index in [0.717, 1.165) is 23.1 Å². The standard InChI is InChI=1S/C24H31FN2O2/c1-6-18(4)26-24(29)19(5)27(15-20-9-11-22(25)12-10-20)23(28)14-21-8-7-16(2)17(3)13-21/h7-13,18-19H,6,14-15H2,1-5H3,(H,26,29). The highest BCUT2D eigenvalue weighted by Gasteiger charge is 2.26. The number of nitrogens with zero attached hydrogens (tertiary/aromatic N) is 1. The number of carbonyl (C=O) groups is 2. The fourth-order valence-corrected chi connectivity index (χ4v) is 3.02. The summed E-state index contributed by atoms with van der Waals surface area (Å²) in [5.41, 5.74) is 3.99. The Morgan fingerprint density at radius 3 is 2.21 bits per heavy atom. The summed E-state index contributed by atoms with van der Waals surface area (Å²) in [7, 11) is 0. The molecule has 2 aromatic rings. The second-order valence-electron chi connectivity index (χ2n) is 7.74. The molecule has 0 saturated heterocycles. The van der Waals surface area contributed by atoms with Crippen molar-refractivity contribution in [3.63, 3.8) is 0 Å². The summed E-state index contributed by atoms with van der Waals surface area (Å²) >= 11 is 0. The first-order chi connectivity index (χ1) is 13.7. The van der Waals surface area contributed by atoms with Gasteiger partial charge in [0.15, 0.2) is 0 Å². The SMILES string of the molecule is CCC(C)NC(=O)C(C)N(Cc1ccc(F)cc1)C(=O)Cc1ccc(C)c(C)c1. The third-order valence-electron chi connectivity index (χ3n) is 5.36.